The van der Waals surface area contributed by atoms with Gasteiger partial charge in [0.25, 0.3) is 11.8 Å². The molecule has 2 amide bonds. The number of hydrogen-bond acceptors (Lipinski definition) is 6. The number of carbonyl (C=O) groups is 3. The van der Waals surface area contributed by atoms with Gasteiger partial charge in [-0.15, -0.1) is 0 Å². The molecule has 2 aromatic rings. The average Bonchev–Trinajstić information content (AvgIpc) is 3.00. The van der Waals surface area contributed by atoms with Crippen molar-refractivity contribution in [1.82, 2.24) is 10.4 Å². The van der Waals surface area contributed by atoms with Gasteiger partial charge in [-0.05, 0) is 42.9 Å². The Kier molecular flexibility index (Phi) is 7.03. The van der Waals surface area contributed by atoms with Crippen molar-refractivity contribution in [1.29, 1.82) is 0 Å². The molecule has 1 unspecified atom stereocenters. The van der Waals surface area contributed by atoms with Crippen molar-refractivity contribution >= 4 is 52.2 Å². The Morgan fingerprint density at radius 3 is 2.61 bits per heavy atom. The minimum Gasteiger partial charge on any atom is -0.479 e. The molecule has 0 bridgehead atoms. The highest BCUT2D eigenvalue weighted by atomic mass is 32.2. The van der Waals surface area contributed by atoms with E-state index in [1.807, 2.05) is 0 Å². The molecule has 0 radical (unpaired) electrons. The molecule has 160 valence electrons. The predicted octanol–water partition coefficient (Wildman–Crippen LogP) is 3.61. The summed E-state index contributed by atoms with van der Waals surface area (Å²) < 4.78 is 19.5. The number of nitrogens with one attached hydrogen (secondary N) is 1. The molecule has 1 saturated heterocycles. The van der Waals surface area contributed by atoms with Crippen LogP contribution in [0.3, 0.4) is 0 Å². The Morgan fingerprint density at radius 2 is 1.94 bits per heavy atom. The molecule has 2 aromatic carbocycles. The van der Waals surface area contributed by atoms with Gasteiger partial charge in [0.1, 0.15) is 11.6 Å². The number of benzene rings is 2. The summed E-state index contributed by atoms with van der Waals surface area (Å²) in [5.41, 5.74) is 2.57. The van der Waals surface area contributed by atoms with E-state index in [0.29, 0.717) is 5.56 Å². The van der Waals surface area contributed by atoms with Crippen LogP contribution in [0, 0.1) is 5.82 Å². The molecule has 1 heterocycles. The van der Waals surface area contributed by atoms with E-state index >= 15 is 0 Å². The van der Waals surface area contributed by atoms with E-state index in [2.05, 4.69) is 5.43 Å². The fourth-order valence-electron chi connectivity index (χ4n) is 2.68. The van der Waals surface area contributed by atoms with Crippen molar-refractivity contribution in [3.63, 3.8) is 0 Å². The number of nitrogens with zero attached hydrogens (tertiary/aromatic N) is 1. The highest BCUT2D eigenvalue weighted by Crippen LogP contribution is 2.33. The number of rotatable bonds is 7. The van der Waals surface area contributed by atoms with Gasteiger partial charge >= 0.3 is 5.97 Å². The third kappa shape index (κ3) is 5.09. The zero-order chi connectivity index (χ0) is 22.5. The molecule has 3 rings (SSSR count). The van der Waals surface area contributed by atoms with Gasteiger partial charge in [0.05, 0.1) is 10.5 Å². The van der Waals surface area contributed by atoms with E-state index < -0.39 is 29.7 Å². The van der Waals surface area contributed by atoms with Crippen molar-refractivity contribution in [2.45, 2.75) is 19.4 Å². The Labute approximate surface area is 186 Å². The first-order chi connectivity index (χ1) is 14.8. The summed E-state index contributed by atoms with van der Waals surface area (Å²) in [5, 5.41) is 10.1. The molecule has 1 aliphatic rings. The number of hydrogen-bond donors (Lipinski definition) is 2. The van der Waals surface area contributed by atoms with Gasteiger partial charge in [0.2, 0.25) is 0 Å². The maximum absolute atomic E-state index is 13.8. The number of aliphatic carboxylic acids is 1. The minimum absolute atomic E-state index is 0.0660. The second-order valence-corrected chi connectivity index (χ2v) is 8.00. The van der Waals surface area contributed by atoms with Crippen LogP contribution in [0.2, 0.25) is 0 Å². The number of thioether (sulfide) groups is 1. The van der Waals surface area contributed by atoms with Crippen LogP contribution in [-0.4, -0.2) is 38.3 Å². The number of carboxylic acid groups (broad SMARTS) is 1. The van der Waals surface area contributed by atoms with Crippen LogP contribution >= 0.6 is 24.0 Å². The number of carbonyl (C=O) groups excluding carboxylic acids is 2. The van der Waals surface area contributed by atoms with Crippen LogP contribution in [0.1, 0.15) is 29.3 Å². The van der Waals surface area contributed by atoms with Crippen molar-refractivity contribution in [2.75, 3.05) is 0 Å². The number of halogens is 1. The fraction of sp³-hybridized carbons (Fsp3) is 0.143. The van der Waals surface area contributed by atoms with Gasteiger partial charge in [0, 0.05) is 5.56 Å². The van der Waals surface area contributed by atoms with Crippen LogP contribution < -0.4 is 10.2 Å². The zero-order valence-electron chi connectivity index (χ0n) is 16.2. The quantitative estimate of drug-likeness (QED) is 0.481. The zero-order valence-corrected chi connectivity index (χ0v) is 17.8. The van der Waals surface area contributed by atoms with Crippen LogP contribution in [0.15, 0.2) is 53.4 Å². The molecule has 0 aliphatic carbocycles. The number of thiocarbonyl (C=S) groups is 1. The Balaban J connectivity index is 1.82. The summed E-state index contributed by atoms with van der Waals surface area (Å²) >= 11 is 6.12. The molecule has 7 nitrogen and oxygen atoms in total. The lowest BCUT2D eigenvalue weighted by Gasteiger charge is -2.16. The van der Waals surface area contributed by atoms with Gasteiger partial charge in [-0.1, -0.05) is 49.0 Å². The van der Waals surface area contributed by atoms with Crippen molar-refractivity contribution in [2.24, 2.45) is 0 Å². The highest BCUT2D eigenvalue weighted by Gasteiger charge is 2.34. The first-order valence-corrected chi connectivity index (χ1v) is 10.4. The number of amides is 2. The SMILES string of the molecule is CCC(Oc1ccccc1/C=C1/SC(=S)N(NC(=O)c2ccccc2F)C1=O)C(=O)O. The molecule has 0 aromatic heterocycles. The largest absolute Gasteiger partial charge is 0.479 e. The van der Waals surface area contributed by atoms with Crippen molar-refractivity contribution < 1.29 is 28.6 Å². The summed E-state index contributed by atoms with van der Waals surface area (Å²) in [7, 11) is 0. The number of ether oxygens (including phenoxy) is 1. The summed E-state index contributed by atoms with van der Waals surface area (Å²) in [6.07, 6.45) is 0.718. The molecular weight excluding hydrogens is 443 g/mol. The monoisotopic (exact) mass is 460 g/mol. The smallest absolute Gasteiger partial charge is 0.344 e. The summed E-state index contributed by atoms with van der Waals surface area (Å²) in [6.45, 7) is 1.69. The third-order valence-electron chi connectivity index (χ3n) is 4.25. The maximum Gasteiger partial charge on any atom is 0.344 e. The minimum atomic E-state index is -1.10. The predicted molar refractivity (Wildman–Crippen MR) is 118 cm³/mol. The van der Waals surface area contributed by atoms with Gasteiger partial charge in [0.15, 0.2) is 10.4 Å². The molecule has 10 heteroatoms. The third-order valence-corrected chi connectivity index (χ3v) is 5.55. The van der Waals surface area contributed by atoms with E-state index in [4.69, 9.17) is 17.0 Å². The molecule has 1 atom stereocenters. The summed E-state index contributed by atoms with van der Waals surface area (Å²) in [6, 6.07) is 12.0. The normalized spacial score (nSPS) is 15.8. The molecule has 31 heavy (non-hydrogen) atoms. The Bertz CT molecular complexity index is 1090. The lowest BCUT2D eigenvalue weighted by Crippen LogP contribution is -2.45. The van der Waals surface area contributed by atoms with Crippen LogP contribution in [-0.2, 0) is 9.59 Å². The van der Waals surface area contributed by atoms with Crippen LogP contribution in [0.4, 0.5) is 4.39 Å². The Morgan fingerprint density at radius 1 is 1.26 bits per heavy atom. The molecule has 0 spiro atoms. The summed E-state index contributed by atoms with van der Waals surface area (Å²) in [4.78, 5) is 36.6. The van der Waals surface area contributed by atoms with Crippen LogP contribution in [0.5, 0.6) is 5.75 Å². The topological polar surface area (TPSA) is 95.9 Å². The standard InChI is InChI=1S/C21H17FN2O5S2/c1-2-15(20(27)28)29-16-10-6-3-7-12(16)11-17-19(26)24(21(30)31-17)23-18(25)13-8-4-5-9-14(13)22/h3-11,15H,2H2,1H3,(H,23,25)(H,27,28)/b17-11+. The number of hydrazine groups is 1. The average molecular weight is 461 g/mol. The van der Waals surface area contributed by atoms with Gasteiger partial charge in [-0.2, -0.15) is 5.01 Å². The summed E-state index contributed by atoms with van der Waals surface area (Å²) in [5.74, 6) is -2.95. The van der Waals surface area contributed by atoms with Gasteiger partial charge in [-0.3, -0.25) is 15.0 Å². The second kappa shape index (κ2) is 9.71. The second-order valence-electron chi connectivity index (χ2n) is 6.33. The first kappa shape index (κ1) is 22.4. The molecule has 1 fully saturated rings. The highest BCUT2D eigenvalue weighted by molar-refractivity contribution is 8.26. The lowest BCUT2D eigenvalue weighted by atomic mass is 10.1. The fourth-order valence-corrected chi connectivity index (χ4v) is 3.85. The molecule has 1 aliphatic heterocycles. The maximum atomic E-state index is 13.8. The van der Waals surface area contributed by atoms with E-state index in [-0.39, 0.29) is 27.0 Å². The van der Waals surface area contributed by atoms with Crippen molar-refractivity contribution in [3.8, 4) is 5.75 Å². The lowest BCUT2D eigenvalue weighted by molar-refractivity contribution is -0.145. The van der Waals surface area contributed by atoms with Gasteiger partial charge in [-0.25, -0.2) is 9.18 Å². The Hall–Kier alpha value is -3.24. The number of carboxylic acids is 1. The van der Waals surface area contributed by atoms with Gasteiger partial charge < -0.3 is 9.84 Å². The van der Waals surface area contributed by atoms with Crippen molar-refractivity contribution in [3.05, 3.63) is 70.4 Å². The van der Waals surface area contributed by atoms with E-state index in [1.54, 1.807) is 31.2 Å². The molecular formula is C21H17FN2O5S2. The van der Waals surface area contributed by atoms with E-state index in [9.17, 15) is 23.9 Å². The number of para-hydroxylation sites is 1. The molecule has 0 saturated carbocycles. The van der Waals surface area contributed by atoms with Crippen LogP contribution in [0.25, 0.3) is 6.08 Å². The molecule has 2 N–H and O–H groups in total. The van der Waals surface area contributed by atoms with E-state index in [0.717, 1.165) is 22.8 Å². The van der Waals surface area contributed by atoms with E-state index in [1.165, 1.54) is 24.3 Å². The first-order valence-electron chi connectivity index (χ1n) is 9.13.